The maximum absolute atomic E-state index is 14.1. The van der Waals surface area contributed by atoms with Gasteiger partial charge in [0.2, 0.25) is 0 Å². The highest BCUT2D eigenvalue weighted by Crippen LogP contribution is 2.20. The summed E-state index contributed by atoms with van der Waals surface area (Å²) in [6.07, 6.45) is 2.95. The van der Waals surface area contributed by atoms with Crippen LogP contribution in [-0.2, 0) is 6.42 Å². The Morgan fingerprint density at radius 2 is 1.52 bits per heavy atom. The van der Waals surface area contributed by atoms with Gasteiger partial charge in [-0.15, -0.1) is 0 Å². The molecule has 0 nitrogen and oxygen atoms in total. The molecule has 0 aromatic heterocycles. The zero-order chi connectivity index (χ0) is 17.8. The van der Waals surface area contributed by atoms with Crippen LogP contribution >= 0.6 is 0 Å². The van der Waals surface area contributed by atoms with Gasteiger partial charge in [0.15, 0.2) is 11.6 Å². The fourth-order valence-corrected chi connectivity index (χ4v) is 2.66. The molecule has 0 aliphatic rings. The van der Waals surface area contributed by atoms with Crippen molar-refractivity contribution in [2.24, 2.45) is 0 Å². The van der Waals surface area contributed by atoms with Gasteiger partial charge in [0.05, 0.1) is 5.56 Å². The molecule has 0 aliphatic carbocycles. The van der Waals surface area contributed by atoms with Crippen LogP contribution in [0, 0.1) is 29.3 Å². The van der Waals surface area contributed by atoms with Gasteiger partial charge in [0, 0.05) is 5.56 Å². The molecule has 3 aromatic rings. The molecule has 3 heteroatoms. The molecule has 0 fully saturated rings. The van der Waals surface area contributed by atoms with Gasteiger partial charge in [-0.05, 0) is 65.6 Å². The normalized spacial score (nSPS) is 10.6. The van der Waals surface area contributed by atoms with E-state index in [1.165, 1.54) is 6.07 Å². The molecule has 0 saturated heterocycles. The Morgan fingerprint density at radius 1 is 0.760 bits per heavy atom. The van der Waals surface area contributed by atoms with E-state index >= 15 is 0 Å². The first-order valence-electron chi connectivity index (χ1n) is 8.26. The van der Waals surface area contributed by atoms with Crippen molar-refractivity contribution in [1.29, 1.82) is 0 Å². The van der Waals surface area contributed by atoms with Crippen LogP contribution in [0.5, 0.6) is 0 Å². The fraction of sp³-hybridized carbons (Fsp3) is 0.182. The van der Waals surface area contributed by atoms with Crippen LogP contribution in [0.3, 0.4) is 0 Å². The molecule has 3 rings (SSSR count). The summed E-state index contributed by atoms with van der Waals surface area (Å²) in [5.41, 5.74) is 1.91. The van der Waals surface area contributed by atoms with E-state index in [0.29, 0.717) is 21.9 Å². The molecule has 0 bridgehead atoms. The van der Waals surface area contributed by atoms with Crippen molar-refractivity contribution in [1.82, 2.24) is 0 Å². The Morgan fingerprint density at radius 3 is 2.24 bits per heavy atom. The molecule has 0 radical (unpaired) electrons. The lowest BCUT2D eigenvalue weighted by Gasteiger charge is -2.02. The summed E-state index contributed by atoms with van der Waals surface area (Å²) >= 11 is 0. The minimum Gasteiger partial charge on any atom is -0.206 e. The van der Waals surface area contributed by atoms with Crippen molar-refractivity contribution >= 4 is 10.8 Å². The van der Waals surface area contributed by atoms with Gasteiger partial charge in [-0.3, -0.25) is 0 Å². The lowest BCUT2D eigenvalue weighted by molar-refractivity contribution is 0.511. The minimum absolute atomic E-state index is 0.325. The minimum atomic E-state index is -0.897. The Hall–Kier alpha value is -2.73. The summed E-state index contributed by atoms with van der Waals surface area (Å²) in [6.45, 7) is 2.10. The average molecular weight is 338 g/mol. The number of benzene rings is 3. The zero-order valence-electron chi connectivity index (χ0n) is 13.9. The summed E-state index contributed by atoms with van der Waals surface area (Å²) in [5, 5.41) is 1.15. The molecule has 0 saturated carbocycles. The molecule has 0 N–H and O–H groups in total. The Labute approximate surface area is 145 Å². The third kappa shape index (κ3) is 4.03. The van der Waals surface area contributed by atoms with E-state index in [1.807, 2.05) is 6.07 Å². The predicted octanol–water partition coefficient (Wildman–Crippen LogP) is 6.00. The van der Waals surface area contributed by atoms with E-state index in [4.69, 9.17) is 0 Å². The zero-order valence-corrected chi connectivity index (χ0v) is 13.9. The second-order valence-corrected chi connectivity index (χ2v) is 6.00. The molecule has 126 valence electrons. The van der Waals surface area contributed by atoms with Gasteiger partial charge >= 0.3 is 0 Å². The molecular weight excluding hydrogens is 321 g/mol. The molecule has 3 aromatic carbocycles. The summed E-state index contributed by atoms with van der Waals surface area (Å²) in [6, 6.07) is 12.4. The van der Waals surface area contributed by atoms with Gasteiger partial charge in [0.25, 0.3) is 0 Å². The topological polar surface area (TPSA) is 0 Å². The van der Waals surface area contributed by atoms with E-state index in [-0.39, 0.29) is 5.82 Å². The molecule has 0 atom stereocenters. The molecular formula is C22H17F3. The van der Waals surface area contributed by atoms with Crippen LogP contribution < -0.4 is 0 Å². The maximum Gasteiger partial charge on any atom is 0.159 e. The van der Waals surface area contributed by atoms with E-state index in [2.05, 4.69) is 18.8 Å². The third-order valence-corrected chi connectivity index (χ3v) is 4.07. The molecule has 25 heavy (non-hydrogen) atoms. The number of hydrogen-bond donors (Lipinski definition) is 0. The van der Waals surface area contributed by atoms with Gasteiger partial charge in [0.1, 0.15) is 5.82 Å². The van der Waals surface area contributed by atoms with E-state index < -0.39 is 11.6 Å². The lowest BCUT2D eigenvalue weighted by atomic mass is 10.0. The van der Waals surface area contributed by atoms with Gasteiger partial charge in [-0.1, -0.05) is 37.3 Å². The smallest absolute Gasteiger partial charge is 0.159 e. The summed E-state index contributed by atoms with van der Waals surface area (Å²) in [7, 11) is 0. The van der Waals surface area contributed by atoms with Crippen LogP contribution in [0.25, 0.3) is 10.8 Å². The van der Waals surface area contributed by atoms with Crippen molar-refractivity contribution < 1.29 is 13.2 Å². The molecule has 0 amide bonds. The van der Waals surface area contributed by atoms with Gasteiger partial charge < -0.3 is 0 Å². The molecule has 0 spiro atoms. The molecule has 0 unspecified atom stereocenters. The van der Waals surface area contributed by atoms with Crippen LogP contribution in [0.2, 0.25) is 0 Å². The average Bonchev–Trinajstić information content (AvgIpc) is 2.60. The first kappa shape index (κ1) is 17.1. The quantitative estimate of drug-likeness (QED) is 0.514. The van der Waals surface area contributed by atoms with E-state index in [0.717, 1.165) is 37.0 Å². The fourth-order valence-electron chi connectivity index (χ4n) is 2.66. The first-order valence-corrected chi connectivity index (χ1v) is 8.26. The first-order chi connectivity index (χ1) is 12.1. The Bertz CT molecular complexity index is 978. The summed E-state index contributed by atoms with van der Waals surface area (Å²) in [4.78, 5) is 0. The largest absolute Gasteiger partial charge is 0.206 e. The van der Waals surface area contributed by atoms with Crippen molar-refractivity contribution in [3.05, 3.63) is 82.7 Å². The monoisotopic (exact) mass is 338 g/mol. The molecule has 0 aliphatic heterocycles. The highest BCUT2D eigenvalue weighted by molar-refractivity contribution is 5.84. The van der Waals surface area contributed by atoms with Crippen LogP contribution in [-0.4, -0.2) is 0 Å². The predicted molar refractivity (Wildman–Crippen MR) is 94.9 cm³/mol. The van der Waals surface area contributed by atoms with E-state index in [1.54, 1.807) is 24.3 Å². The Balaban J connectivity index is 1.88. The third-order valence-electron chi connectivity index (χ3n) is 4.07. The standard InChI is InChI=1S/C22H17F3/c1-2-3-4-15-5-8-17(20(23)12-15)9-6-16-7-10-18-13-21(24)22(25)14-19(18)11-16/h5,7-8,10-14H,2-4H2,1H3. The number of unbranched alkanes of at least 4 members (excludes halogenated alkanes) is 1. The highest BCUT2D eigenvalue weighted by Gasteiger charge is 2.04. The van der Waals surface area contributed by atoms with Crippen molar-refractivity contribution in [2.75, 3.05) is 0 Å². The highest BCUT2D eigenvalue weighted by atomic mass is 19.2. The van der Waals surface area contributed by atoms with Crippen molar-refractivity contribution in [2.45, 2.75) is 26.2 Å². The number of fused-ring (bicyclic) bond motifs is 1. The number of hydrogen-bond acceptors (Lipinski definition) is 0. The molecule has 0 heterocycles. The number of aryl methyl sites for hydroxylation is 1. The summed E-state index contributed by atoms with van der Waals surface area (Å²) in [5.74, 6) is 3.58. The van der Waals surface area contributed by atoms with Crippen LogP contribution in [0.15, 0.2) is 48.5 Å². The number of halogens is 3. The van der Waals surface area contributed by atoms with Crippen molar-refractivity contribution in [3.8, 4) is 11.8 Å². The number of rotatable bonds is 3. The second-order valence-electron chi connectivity index (χ2n) is 6.00. The summed E-state index contributed by atoms with van der Waals surface area (Å²) < 4.78 is 40.7. The Kier molecular flexibility index (Phi) is 5.09. The lowest BCUT2D eigenvalue weighted by Crippen LogP contribution is -1.90. The second kappa shape index (κ2) is 7.44. The van der Waals surface area contributed by atoms with Crippen LogP contribution in [0.1, 0.15) is 36.5 Å². The van der Waals surface area contributed by atoms with Crippen LogP contribution in [0.4, 0.5) is 13.2 Å². The van der Waals surface area contributed by atoms with Gasteiger partial charge in [-0.25, -0.2) is 13.2 Å². The van der Waals surface area contributed by atoms with E-state index in [9.17, 15) is 13.2 Å². The van der Waals surface area contributed by atoms with Crippen molar-refractivity contribution in [3.63, 3.8) is 0 Å². The maximum atomic E-state index is 14.1. The van der Waals surface area contributed by atoms with Gasteiger partial charge in [-0.2, -0.15) is 0 Å². The SMILES string of the molecule is CCCCc1ccc(C#Cc2ccc3cc(F)c(F)cc3c2)c(F)c1.